The number of aliphatic hydroxyl groups is 1. The Hall–Kier alpha value is -1.83. The smallest absolute Gasteiger partial charge is 0.336 e. The van der Waals surface area contributed by atoms with Gasteiger partial charge in [-0.3, -0.25) is 4.90 Å². The number of likely N-dealkylation sites (N-methyl/N-ethyl adjacent to an activating group) is 1. The number of carboxylic acid groups (broad SMARTS) is 1. The summed E-state index contributed by atoms with van der Waals surface area (Å²) in [5.41, 5.74) is 0.849. The van der Waals surface area contributed by atoms with E-state index in [1.54, 1.807) is 6.07 Å². The van der Waals surface area contributed by atoms with E-state index in [9.17, 15) is 15.0 Å². The SMILES string of the molecule is COc1cc(OC)c(CN2CCN(C)[C@@H](CCO)C2)c(C(=O)O)c1. The molecule has 1 fully saturated rings. The largest absolute Gasteiger partial charge is 0.497 e. The normalized spacial score (nSPS) is 19.2. The summed E-state index contributed by atoms with van der Waals surface area (Å²) in [6.07, 6.45) is 0.707. The Balaban J connectivity index is 2.26. The summed E-state index contributed by atoms with van der Waals surface area (Å²) < 4.78 is 10.6. The van der Waals surface area contributed by atoms with E-state index < -0.39 is 5.97 Å². The molecule has 1 aromatic carbocycles. The Bertz CT molecular complexity index is 578. The average Bonchev–Trinajstić information content (AvgIpc) is 2.57. The first-order chi connectivity index (χ1) is 11.5. The molecule has 0 aromatic heterocycles. The van der Waals surface area contributed by atoms with Crippen molar-refractivity contribution in [1.82, 2.24) is 9.80 Å². The number of hydrogen-bond donors (Lipinski definition) is 2. The van der Waals surface area contributed by atoms with Crippen LogP contribution in [0.3, 0.4) is 0 Å². The third-order valence-corrected chi connectivity index (χ3v) is 4.57. The first-order valence-corrected chi connectivity index (χ1v) is 8.01. The van der Waals surface area contributed by atoms with Crippen molar-refractivity contribution in [1.29, 1.82) is 0 Å². The summed E-state index contributed by atoms with van der Waals surface area (Å²) in [4.78, 5) is 16.1. The number of piperazine rings is 1. The highest BCUT2D eigenvalue weighted by Gasteiger charge is 2.26. The Morgan fingerprint density at radius 2 is 2.04 bits per heavy atom. The summed E-state index contributed by atoms with van der Waals surface area (Å²) in [7, 11) is 5.08. The van der Waals surface area contributed by atoms with Gasteiger partial charge in [-0.1, -0.05) is 0 Å². The van der Waals surface area contributed by atoms with Crippen LogP contribution in [-0.4, -0.2) is 79.5 Å². The van der Waals surface area contributed by atoms with Gasteiger partial charge in [-0.05, 0) is 19.5 Å². The fourth-order valence-electron chi connectivity index (χ4n) is 3.11. The van der Waals surface area contributed by atoms with Crippen LogP contribution in [0.4, 0.5) is 0 Å². The fraction of sp³-hybridized carbons (Fsp3) is 0.588. The lowest BCUT2D eigenvalue weighted by molar-refractivity contribution is 0.0674. The molecule has 1 saturated heterocycles. The van der Waals surface area contributed by atoms with E-state index in [1.165, 1.54) is 20.3 Å². The number of aliphatic hydroxyl groups excluding tert-OH is 1. The number of nitrogens with zero attached hydrogens (tertiary/aromatic N) is 2. The number of hydrogen-bond acceptors (Lipinski definition) is 6. The summed E-state index contributed by atoms with van der Waals surface area (Å²) in [5.74, 6) is -0.0165. The van der Waals surface area contributed by atoms with Crippen LogP contribution in [0.15, 0.2) is 12.1 Å². The maximum atomic E-state index is 11.6. The van der Waals surface area contributed by atoms with E-state index in [0.29, 0.717) is 30.0 Å². The van der Waals surface area contributed by atoms with Crippen molar-refractivity contribution in [3.63, 3.8) is 0 Å². The molecule has 0 amide bonds. The second-order valence-electron chi connectivity index (χ2n) is 6.04. The molecule has 7 nitrogen and oxygen atoms in total. The molecular weight excluding hydrogens is 312 g/mol. The number of methoxy groups -OCH3 is 2. The lowest BCUT2D eigenvalue weighted by Crippen LogP contribution is -2.51. The molecule has 0 bridgehead atoms. The molecule has 0 spiro atoms. The number of aromatic carboxylic acids is 1. The first kappa shape index (κ1) is 18.5. The molecule has 1 aliphatic rings. The highest BCUT2D eigenvalue weighted by Crippen LogP contribution is 2.30. The standard InChI is InChI=1S/C17H26N2O5/c1-18-5-6-19(10-12(18)4-7-20)11-15-14(17(21)22)8-13(23-2)9-16(15)24-3/h8-9,12,20H,4-7,10-11H2,1-3H3,(H,21,22)/t12-/m0/s1. The van der Waals surface area contributed by atoms with Crippen molar-refractivity contribution in [3.8, 4) is 11.5 Å². The zero-order chi connectivity index (χ0) is 17.7. The van der Waals surface area contributed by atoms with E-state index >= 15 is 0 Å². The number of benzene rings is 1. The van der Waals surface area contributed by atoms with Crippen LogP contribution in [0.5, 0.6) is 11.5 Å². The van der Waals surface area contributed by atoms with E-state index in [4.69, 9.17) is 9.47 Å². The third kappa shape index (κ3) is 4.17. The van der Waals surface area contributed by atoms with Gasteiger partial charge >= 0.3 is 5.97 Å². The highest BCUT2D eigenvalue weighted by molar-refractivity contribution is 5.91. The quantitative estimate of drug-likeness (QED) is 0.764. The van der Waals surface area contributed by atoms with Crippen molar-refractivity contribution in [2.24, 2.45) is 0 Å². The zero-order valence-electron chi connectivity index (χ0n) is 14.5. The van der Waals surface area contributed by atoms with Gasteiger partial charge in [-0.15, -0.1) is 0 Å². The van der Waals surface area contributed by atoms with Crippen LogP contribution < -0.4 is 9.47 Å². The molecule has 0 aliphatic carbocycles. The molecule has 2 N–H and O–H groups in total. The number of ether oxygens (including phenoxy) is 2. The van der Waals surface area contributed by atoms with Gasteiger partial charge in [0.15, 0.2) is 0 Å². The van der Waals surface area contributed by atoms with Crippen molar-refractivity contribution in [3.05, 3.63) is 23.3 Å². The molecule has 1 atom stereocenters. The molecule has 1 heterocycles. The van der Waals surface area contributed by atoms with Gasteiger partial charge in [0, 0.05) is 50.5 Å². The third-order valence-electron chi connectivity index (χ3n) is 4.57. The predicted molar refractivity (Wildman–Crippen MR) is 89.9 cm³/mol. The molecule has 2 rings (SSSR count). The summed E-state index contributed by atoms with van der Waals surface area (Å²) in [6, 6.07) is 3.51. The fourth-order valence-corrected chi connectivity index (χ4v) is 3.11. The van der Waals surface area contributed by atoms with Crippen molar-refractivity contribution in [2.45, 2.75) is 19.0 Å². The first-order valence-electron chi connectivity index (χ1n) is 8.01. The summed E-state index contributed by atoms with van der Waals surface area (Å²) in [5, 5.41) is 18.8. The number of rotatable bonds is 7. The van der Waals surface area contributed by atoms with Crippen molar-refractivity contribution in [2.75, 3.05) is 47.5 Å². The monoisotopic (exact) mass is 338 g/mol. The van der Waals surface area contributed by atoms with Gasteiger partial charge in [-0.25, -0.2) is 4.79 Å². The van der Waals surface area contributed by atoms with Gasteiger partial charge in [0.1, 0.15) is 11.5 Å². The minimum atomic E-state index is -0.997. The van der Waals surface area contributed by atoms with Crippen molar-refractivity contribution < 1.29 is 24.5 Å². The minimum Gasteiger partial charge on any atom is -0.497 e. The molecule has 134 valence electrons. The molecule has 0 unspecified atom stereocenters. The maximum absolute atomic E-state index is 11.6. The zero-order valence-corrected chi connectivity index (χ0v) is 14.5. The molecule has 24 heavy (non-hydrogen) atoms. The van der Waals surface area contributed by atoms with E-state index in [-0.39, 0.29) is 18.2 Å². The molecule has 0 saturated carbocycles. The van der Waals surface area contributed by atoms with Crippen LogP contribution in [0.2, 0.25) is 0 Å². The predicted octanol–water partition coefficient (Wildman–Crippen LogP) is 0.900. The van der Waals surface area contributed by atoms with Gasteiger partial charge in [0.05, 0.1) is 19.8 Å². The molecule has 1 aromatic rings. The molecule has 1 aliphatic heterocycles. The lowest BCUT2D eigenvalue weighted by atomic mass is 10.0. The van der Waals surface area contributed by atoms with E-state index in [0.717, 1.165) is 19.6 Å². The number of carboxylic acids is 1. The van der Waals surface area contributed by atoms with Crippen LogP contribution in [0.1, 0.15) is 22.3 Å². The maximum Gasteiger partial charge on any atom is 0.336 e. The Morgan fingerprint density at radius 1 is 1.29 bits per heavy atom. The Labute approximate surface area is 142 Å². The lowest BCUT2D eigenvalue weighted by Gasteiger charge is -2.39. The van der Waals surface area contributed by atoms with Crippen molar-refractivity contribution >= 4 is 5.97 Å². The minimum absolute atomic E-state index is 0.148. The van der Waals surface area contributed by atoms with Crippen LogP contribution >= 0.6 is 0 Å². The van der Waals surface area contributed by atoms with Gasteiger partial charge < -0.3 is 24.6 Å². The van der Waals surface area contributed by atoms with Gasteiger partial charge in [0.25, 0.3) is 0 Å². The second-order valence-corrected chi connectivity index (χ2v) is 6.04. The Kier molecular flexibility index (Phi) is 6.42. The molecule has 7 heteroatoms. The molecule has 0 radical (unpaired) electrons. The van der Waals surface area contributed by atoms with Gasteiger partial charge in [0.2, 0.25) is 0 Å². The Morgan fingerprint density at radius 3 is 2.62 bits per heavy atom. The topological polar surface area (TPSA) is 82.5 Å². The average molecular weight is 338 g/mol. The van der Waals surface area contributed by atoms with E-state index in [2.05, 4.69) is 9.80 Å². The molecular formula is C17H26N2O5. The van der Waals surface area contributed by atoms with E-state index in [1.807, 2.05) is 7.05 Å². The second kappa shape index (κ2) is 8.32. The van der Waals surface area contributed by atoms with Crippen LogP contribution in [-0.2, 0) is 6.54 Å². The van der Waals surface area contributed by atoms with Crippen LogP contribution in [0, 0.1) is 0 Å². The summed E-state index contributed by atoms with van der Waals surface area (Å²) in [6.45, 7) is 3.14. The summed E-state index contributed by atoms with van der Waals surface area (Å²) >= 11 is 0. The van der Waals surface area contributed by atoms with Gasteiger partial charge in [-0.2, -0.15) is 0 Å². The number of carbonyl (C=O) groups is 1. The van der Waals surface area contributed by atoms with Crippen LogP contribution in [0.25, 0.3) is 0 Å². The highest BCUT2D eigenvalue weighted by atomic mass is 16.5.